The van der Waals surface area contributed by atoms with E-state index >= 15 is 0 Å². The van der Waals surface area contributed by atoms with Gasteiger partial charge >= 0.3 is 0 Å². The Hall–Kier alpha value is -2.00. The predicted molar refractivity (Wildman–Crippen MR) is 112 cm³/mol. The number of carbonyl (C=O) groups excluding carboxylic acids is 1. The maximum Gasteiger partial charge on any atom is 0.241 e. The van der Waals surface area contributed by atoms with Crippen LogP contribution in [-0.2, 0) is 25.0 Å². The second kappa shape index (κ2) is 9.43. The SMILES string of the molecule is C[C@H](NS(=O)(=O)c1ccc(Cl)cc1)C(=O)NCC1(c2cccc(F)c2)CCOCC1. The summed E-state index contributed by atoms with van der Waals surface area (Å²) in [6.07, 6.45) is 1.25. The van der Waals surface area contributed by atoms with E-state index in [1.165, 1.54) is 43.3 Å². The van der Waals surface area contributed by atoms with E-state index in [9.17, 15) is 17.6 Å². The molecule has 162 valence electrons. The number of sulfonamides is 1. The van der Waals surface area contributed by atoms with Crippen molar-refractivity contribution in [3.63, 3.8) is 0 Å². The molecule has 2 N–H and O–H groups in total. The number of nitrogens with one attached hydrogen (secondary N) is 2. The number of benzene rings is 2. The van der Waals surface area contributed by atoms with E-state index in [0.29, 0.717) is 31.1 Å². The Kier molecular flexibility index (Phi) is 7.13. The Labute approximate surface area is 180 Å². The van der Waals surface area contributed by atoms with Crippen molar-refractivity contribution in [2.75, 3.05) is 19.8 Å². The van der Waals surface area contributed by atoms with Gasteiger partial charge in [-0.05, 0) is 61.7 Å². The zero-order chi connectivity index (χ0) is 21.8. The fourth-order valence-electron chi connectivity index (χ4n) is 3.53. The average molecular weight is 455 g/mol. The summed E-state index contributed by atoms with van der Waals surface area (Å²) in [5, 5.41) is 3.24. The minimum absolute atomic E-state index is 0.0206. The van der Waals surface area contributed by atoms with Crippen molar-refractivity contribution >= 4 is 27.5 Å². The Bertz CT molecular complexity index is 992. The molecule has 0 spiro atoms. The number of halogens is 2. The zero-order valence-corrected chi connectivity index (χ0v) is 18.1. The van der Waals surface area contributed by atoms with Crippen molar-refractivity contribution in [2.24, 2.45) is 0 Å². The van der Waals surface area contributed by atoms with E-state index in [0.717, 1.165) is 5.56 Å². The molecular weight excluding hydrogens is 431 g/mol. The molecule has 0 aliphatic carbocycles. The van der Waals surface area contributed by atoms with Crippen LogP contribution in [-0.4, -0.2) is 40.1 Å². The fraction of sp³-hybridized carbons (Fsp3) is 0.381. The molecule has 9 heteroatoms. The zero-order valence-electron chi connectivity index (χ0n) is 16.5. The molecule has 0 bridgehead atoms. The molecule has 1 atom stereocenters. The van der Waals surface area contributed by atoms with Crippen molar-refractivity contribution < 1.29 is 22.3 Å². The first-order valence-corrected chi connectivity index (χ1v) is 11.5. The monoisotopic (exact) mass is 454 g/mol. The molecule has 1 aliphatic rings. The lowest BCUT2D eigenvalue weighted by Gasteiger charge is -2.38. The minimum atomic E-state index is -3.88. The molecule has 1 heterocycles. The van der Waals surface area contributed by atoms with Gasteiger partial charge in [0.2, 0.25) is 15.9 Å². The predicted octanol–water partition coefficient (Wildman–Crippen LogP) is 3.01. The number of amides is 1. The lowest BCUT2D eigenvalue weighted by atomic mass is 9.74. The first-order chi connectivity index (χ1) is 14.2. The van der Waals surface area contributed by atoms with Gasteiger partial charge in [-0.1, -0.05) is 23.7 Å². The second-order valence-corrected chi connectivity index (χ2v) is 9.57. The van der Waals surface area contributed by atoms with Gasteiger partial charge < -0.3 is 10.1 Å². The smallest absolute Gasteiger partial charge is 0.241 e. The highest BCUT2D eigenvalue weighted by molar-refractivity contribution is 7.89. The van der Waals surface area contributed by atoms with E-state index in [1.807, 2.05) is 6.07 Å². The normalized spacial score (nSPS) is 17.3. The van der Waals surface area contributed by atoms with E-state index < -0.39 is 27.4 Å². The molecule has 1 saturated heterocycles. The summed E-state index contributed by atoms with van der Waals surface area (Å²) in [5.74, 6) is -0.802. The van der Waals surface area contributed by atoms with Gasteiger partial charge in [-0.15, -0.1) is 0 Å². The maximum absolute atomic E-state index is 13.8. The second-order valence-electron chi connectivity index (χ2n) is 7.42. The van der Waals surface area contributed by atoms with E-state index in [-0.39, 0.29) is 17.3 Å². The summed E-state index contributed by atoms with van der Waals surface area (Å²) in [5.41, 5.74) is 0.325. The third-order valence-electron chi connectivity index (χ3n) is 5.34. The third-order valence-corrected chi connectivity index (χ3v) is 7.15. The molecule has 0 aromatic heterocycles. The van der Waals surface area contributed by atoms with Crippen LogP contribution in [0.25, 0.3) is 0 Å². The molecule has 6 nitrogen and oxygen atoms in total. The first-order valence-electron chi connectivity index (χ1n) is 9.61. The van der Waals surface area contributed by atoms with Crippen molar-refractivity contribution in [3.8, 4) is 0 Å². The van der Waals surface area contributed by atoms with Gasteiger partial charge in [-0.25, -0.2) is 12.8 Å². The molecule has 0 unspecified atom stereocenters. The van der Waals surface area contributed by atoms with Gasteiger partial charge in [0, 0.05) is 30.2 Å². The van der Waals surface area contributed by atoms with Crippen LogP contribution in [0.15, 0.2) is 53.4 Å². The van der Waals surface area contributed by atoms with E-state index in [4.69, 9.17) is 16.3 Å². The van der Waals surface area contributed by atoms with Crippen LogP contribution >= 0.6 is 11.6 Å². The fourth-order valence-corrected chi connectivity index (χ4v) is 4.85. The molecular formula is C21H24ClFN2O4S. The van der Waals surface area contributed by atoms with Gasteiger partial charge in [0.05, 0.1) is 10.9 Å². The maximum atomic E-state index is 13.8. The molecule has 2 aromatic rings. The van der Waals surface area contributed by atoms with E-state index in [1.54, 1.807) is 6.07 Å². The van der Waals surface area contributed by atoms with Gasteiger partial charge in [-0.2, -0.15) is 4.72 Å². The molecule has 1 aliphatic heterocycles. The van der Waals surface area contributed by atoms with Crippen molar-refractivity contribution in [1.82, 2.24) is 10.0 Å². The molecule has 30 heavy (non-hydrogen) atoms. The van der Waals surface area contributed by atoms with Gasteiger partial charge in [0.1, 0.15) is 5.82 Å². The van der Waals surface area contributed by atoms with Crippen LogP contribution in [0.3, 0.4) is 0 Å². The number of hydrogen-bond donors (Lipinski definition) is 2. The number of ether oxygens (including phenoxy) is 1. The van der Waals surface area contributed by atoms with Gasteiger partial charge in [0.15, 0.2) is 0 Å². The summed E-state index contributed by atoms with van der Waals surface area (Å²) in [4.78, 5) is 12.6. The molecule has 1 amide bonds. The Morgan fingerprint density at radius 2 is 1.87 bits per heavy atom. The Balaban J connectivity index is 1.68. The number of rotatable bonds is 7. The van der Waals surface area contributed by atoms with Crippen LogP contribution in [0.1, 0.15) is 25.3 Å². The summed E-state index contributed by atoms with van der Waals surface area (Å²) in [6.45, 7) is 2.74. The molecule has 2 aromatic carbocycles. The standard InChI is InChI=1S/C21H24ClFN2O4S/c1-15(25-30(27,28)19-7-5-17(22)6-8-19)20(26)24-14-21(9-11-29-12-10-21)16-3-2-4-18(23)13-16/h2-8,13,15,25H,9-12,14H2,1H3,(H,24,26)/t15-/m0/s1. The average Bonchev–Trinajstić information content (AvgIpc) is 2.72. The summed E-state index contributed by atoms with van der Waals surface area (Å²) in [6, 6.07) is 11.0. The lowest BCUT2D eigenvalue weighted by molar-refractivity contribution is -0.122. The molecule has 3 rings (SSSR count). The lowest BCUT2D eigenvalue weighted by Crippen LogP contribution is -2.50. The van der Waals surface area contributed by atoms with Crippen molar-refractivity contribution in [1.29, 1.82) is 0 Å². The summed E-state index contributed by atoms with van der Waals surface area (Å²) < 4.78 is 46.6. The van der Waals surface area contributed by atoms with Crippen LogP contribution < -0.4 is 10.0 Å². The van der Waals surface area contributed by atoms with Crippen molar-refractivity contribution in [2.45, 2.75) is 36.1 Å². The summed E-state index contributed by atoms with van der Waals surface area (Å²) >= 11 is 5.79. The molecule has 0 radical (unpaired) electrons. The largest absolute Gasteiger partial charge is 0.381 e. The highest BCUT2D eigenvalue weighted by atomic mass is 35.5. The van der Waals surface area contributed by atoms with Crippen LogP contribution in [0.5, 0.6) is 0 Å². The van der Waals surface area contributed by atoms with E-state index in [2.05, 4.69) is 10.0 Å². The van der Waals surface area contributed by atoms with Crippen LogP contribution in [0.2, 0.25) is 5.02 Å². The topological polar surface area (TPSA) is 84.5 Å². The first kappa shape index (κ1) is 22.7. The Morgan fingerprint density at radius 3 is 2.50 bits per heavy atom. The molecule has 0 saturated carbocycles. The van der Waals surface area contributed by atoms with Gasteiger partial charge in [0.25, 0.3) is 0 Å². The van der Waals surface area contributed by atoms with Gasteiger partial charge in [-0.3, -0.25) is 4.79 Å². The third kappa shape index (κ3) is 5.37. The van der Waals surface area contributed by atoms with Crippen molar-refractivity contribution in [3.05, 3.63) is 64.9 Å². The highest BCUT2D eigenvalue weighted by Crippen LogP contribution is 2.34. The number of hydrogen-bond acceptors (Lipinski definition) is 4. The van der Waals surface area contributed by atoms with Crippen LogP contribution in [0, 0.1) is 5.82 Å². The number of carbonyl (C=O) groups is 1. The summed E-state index contributed by atoms with van der Waals surface area (Å²) in [7, 11) is -3.88. The highest BCUT2D eigenvalue weighted by Gasteiger charge is 2.35. The quantitative estimate of drug-likeness (QED) is 0.673. The van der Waals surface area contributed by atoms with Crippen LogP contribution in [0.4, 0.5) is 4.39 Å². The molecule has 1 fully saturated rings. The minimum Gasteiger partial charge on any atom is -0.381 e. The Morgan fingerprint density at radius 1 is 1.20 bits per heavy atom.